The van der Waals surface area contributed by atoms with E-state index in [1.807, 2.05) is 19.1 Å². The molecule has 19 heavy (non-hydrogen) atoms. The van der Waals surface area contributed by atoms with E-state index < -0.39 is 0 Å². The van der Waals surface area contributed by atoms with Gasteiger partial charge in [0.25, 0.3) is 5.91 Å². The molecule has 98 valence electrons. The predicted octanol–water partition coefficient (Wildman–Crippen LogP) is 4.82. The molecule has 2 aromatic rings. The quantitative estimate of drug-likeness (QED) is 0.729. The molecule has 0 spiro atoms. The van der Waals surface area contributed by atoms with E-state index in [4.69, 9.17) is 11.6 Å². The summed E-state index contributed by atoms with van der Waals surface area (Å²) in [5.74, 6) is -0.206. The SMILES string of the molecule is Cc1ccc(C(=O)Nc2cnc(Cl)c(Br)c2)c(Br)c1. The highest BCUT2D eigenvalue weighted by Gasteiger charge is 2.11. The van der Waals surface area contributed by atoms with Crippen LogP contribution in [0, 0.1) is 6.92 Å². The van der Waals surface area contributed by atoms with Crippen LogP contribution in [0.1, 0.15) is 15.9 Å². The lowest BCUT2D eigenvalue weighted by molar-refractivity contribution is 0.102. The number of benzene rings is 1. The fourth-order valence-electron chi connectivity index (χ4n) is 1.49. The van der Waals surface area contributed by atoms with Gasteiger partial charge in [0.2, 0.25) is 0 Å². The molecule has 0 atom stereocenters. The van der Waals surface area contributed by atoms with E-state index in [0.29, 0.717) is 20.9 Å². The first kappa shape index (κ1) is 14.5. The Balaban J connectivity index is 2.23. The highest BCUT2D eigenvalue weighted by atomic mass is 79.9. The second kappa shape index (κ2) is 6.03. The molecule has 0 aliphatic carbocycles. The summed E-state index contributed by atoms with van der Waals surface area (Å²) >= 11 is 12.4. The summed E-state index contributed by atoms with van der Waals surface area (Å²) in [5, 5.41) is 3.12. The highest BCUT2D eigenvalue weighted by Crippen LogP contribution is 2.24. The third kappa shape index (κ3) is 3.55. The summed E-state index contributed by atoms with van der Waals surface area (Å²) in [7, 11) is 0. The maximum absolute atomic E-state index is 12.1. The molecule has 1 amide bonds. The Morgan fingerprint density at radius 2 is 2.00 bits per heavy atom. The molecule has 0 saturated heterocycles. The van der Waals surface area contributed by atoms with Crippen LogP contribution in [0.2, 0.25) is 5.15 Å². The Labute approximate surface area is 132 Å². The van der Waals surface area contributed by atoms with Crippen molar-refractivity contribution in [2.75, 3.05) is 5.32 Å². The van der Waals surface area contributed by atoms with Gasteiger partial charge in [0.05, 0.1) is 21.9 Å². The van der Waals surface area contributed by atoms with Crippen LogP contribution >= 0.6 is 43.5 Å². The van der Waals surface area contributed by atoms with Gasteiger partial charge in [-0.15, -0.1) is 0 Å². The number of anilines is 1. The number of hydrogen-bond donors (Lipinski definition) is 1. The summed E-state index contributed by atoms with van der Waals surface area (Å²) in [6.07, 6.45) is 1.51. The van der Waals surface area contributed by atoms with Crippen molar-refractivity contribution < 1.29 is 4.79 Å². The zero-order valence-electron chi connectivity index (χ0n) is 9.88. The zero-order chi connectivity index (χ0) is 14.0. The summed E-state index contributed by atoms with van der Waals surface area (Å²) in [6.45, 7) is 1.96. The van der Waals surface area contributed by atoms with E-state index in [-0.39, 0.29) is 5.91 Å². The number of halogens is 3. The molecule has 3 nitrogen and oxygen atoms in total. The third-order valence-electron chi connectivity index (χ3n) is 2.42. The van der Waals surface area contributed by atoms with E-state index in [1.165, 1.54) is 6.20 Å². The zero-order valence-corrected chi connectivity index (χ0v) is 13.8. The van der Waals surface area contributed by atoms with Gasteiger partial charge in [-0.25, -0.2) is 4.98 Å². The first-order valence-corrected chi connectivity index (χ1v) is 7.32. The second-order valence-corrected chi connectivity index (χ2v) is 6.00. The molecule has 0 fully saturated rings. The van der Waals surface area contributed by atoms with Crippen LogP contribution in [0.5, 0.6) is 0 Å². The first-order chi connectivity index (χ1) is 8.97. The van der Waals surface area contributed by atoms with Gasteiger partial charge in [-0.1, -0.05) is 17.7 Å². The van der Waals surface area contributed by atoms with Crippen LogP contribution in [-0.2, 0) is 0 Å². The van der Waals surface area contributed by atoms with Crippen molar-refractivity contribution in [3.05, 3.63) is 55.7 Å². The fraction of sp³-hybridized carbons (Fsp3) is 0.0769. The van der Waals surface area contributed by atoms with Crippen LogP contribution < -0.4 is 5.32 Å². The van der Waals surface area contributed by atoms with Crippen LogP contribution in [0.4, 0.5) is 5.69 Å². The Morgan fingerprint density at radius 3 is 2.63 bits per heavy atom. The van der Waals surface area contributed by atoms with E-state index in [2.05, 4.69) is 42.2 Å². The largest absolute Gasteiger partial charge is 0.321 e. The number of aromatic nitrogens is 1. The van der Waals surface area contributed by atoms with Crippen molar-refractivity contribution in [3.63, 3.8) is 0 Å². The maximum Gasteiger partial charge on any atom is 0.256 e. The smallest absolute Gasteiger partial charge is 0.256 e. The van der Waals surface area contributed by atoms with Gasteiger partial charge in [-0.3, -0.25) is 4.79 Å². The van der Waals surface area contributed by atoms with Gasteiger partial charge in [-0.2, -0.15) is 0 Å². The van der Waals surface area contributed by atoms with Gasteiger partial charge in [0.1, 0.15) is 5.15 Å². The van der Waals surface area contributed by atoms with Gasteiger partial charge in [-0.05, 0) is 62.5 Å². The number of nitrogens with one attached hydrogen (secondary N) is 1. The van der Waals surface area contributed by atoms with Crippen molar-refractivity contribution in [3.8, 4) is 0 Å². The molecule has 1 aromatic heterocycles. The van der Waals surface area contributed by atoms with E-state index >= 15 is 0 Å². The molecule has 1 aromatic carbocycles. The molecule has 0 radical (unpaired) electrons. The number of amides is 1. The summed E-state index contributed by atoms with van der Waals surface area (Å²) in [5.41, 5.74) is 2.23. The van der Waals surface area contributed by atoms with Crippen LogP contribution in [-0.4, -0.2) is 10.9 Å². The van der Waals surface area contributed by atoms with Gasteiger partial charge >= 0.3 is 0 Å². The Morgan fingerprint density at radius 1 is 1.26 bits per heavy atom. The Kier molecular flexibility index (Phi) is 4.60. The van der Waals surface area contributed by atoms with Gasteiger partial charge in [0, 0.05) is 4.47 Å². The van der Waals surface area contributed by atoms with Crippen LogP contribution in [0.25, 0.3) is 0 Å². The van der Waals surface area contributed by atoms with Crippen molar-refractivity contribution in [1.29, 1.82) is 0 Å². The number of hydrogen-bond acceptors (Lipinski definition) is 2. The van der Waals surface area contributed by atoms with Crippen molar-refractivity contribution in [2.45, 2.75) is 6.92 Å². The summed E-state index contributed by atoms with van der Waals surface area (Å²) in [4.78, 5) is 16.1. The van der Waals surface area contributed by atoms with Crippen LogP contribution in [0.3, 0.4) is 0 Å². The molecule has 0 bridgehead atoms. The minimum Gasteiger partial charge on any atom is -0.321 e. The highest BCUT2D eigenvalue weighted by molar-refractivity contribution is 9.10. The summed E-state index contributed by atoms with van der Waals surface area (Å²) in [6, 6.07) is 7.25. The topological polar surface area (TPSA) is 42.0 Å². The van der Waals surface area contributed by atoms with Crippen molar-refractivity contribution >= 4 is 55.1 Å². The van der Waals surface area contributed by atoms with Crippen molar-refractivity contribution in [1.82, 2.24) is 4.98 Å². The lowest BCUT2D eigenvalue weighted by atomic mass is 10.1. The summed E-state index contributed by atoms with van der Waals surface area (Å²) < 4.78 is 1.39. The number of carbonyl (C=O) groups is 1. The number of nitrogens with zero attached hydrogens (tertiary/aromatic N) is 1. The predicted molar refractivity (Wildman–Crippen MR) is 83.8 cm³/mol. The van der Waals surface area contributed by atoms with Crippen LogP contribution in [0.15, 0.2) is 39.4 Å². The molecule has 0 saturated carbocycles. The molecular weight excluding hydrogens is 395 g/mol. The second-order valence-electron chi connectivity index (χ2n) is 3.93. The average Bonchev–Trinajstić information content (AvgIpc) is 2.33. The maximum atomic E-state index is 12.1. The van der Waals surface area contributed by atoms with Crippen molar-refractivity contribution in [2.24, 2.45) is 0 Å². The molecule has 0 aliphatic rings. The van der Waals surface area contributed by atoms with E-state index in [9.17, 15) is 4.79 Å². The molecular formula is C13H9Br2ClN2O. The third-order valence-corrected chi connectivity index (χ3v) is 4.21. The minimum atomic E-state index is -0.206. The lowest BCUT2D eigenvalue weighted by Gasteiger charge is -2.08. The molecule has 1 heterocycles. The first-order valence-electron chi connectivity index (χ1n) is 5.36. The minimum absolute atomic E-state index is 0.206. The standard InChI is InChI=1S/C13H9Br2ClN2O/c1-7-2-3-9(10(14)4-7)13(19)18-8-5-11(15)12(16)17-6-8/h2-6H,1H3,(H,18,19). The lowest BCUT2D eigenvalue weighted by Crippen LogP contribution is -2.12. The van der Waals surface area contributed by atoms with E-state index in [0.717, 1.165) is 10.0 Å². The van der Waals surface area contributed by atoms with Gasteiger partial charge in [0.15, 0.2) is 0 Å². The van der Waals surface area contributed by atoms with Gasteiger partial charge < -0.3 is 5.32 Å². The number of pyridine rings is 1. The molecule has 6 heteroatoms. The average molecular weight is 404 g/mol. The monoisotopic (exact) mass is 402 g/mol. The molecule has 1 N–H and O–H groups in total. The number of carbonyl (C=O) groups excluding carboxylic acids is 1. The fourth-order valence-corrected chi connectivity index (χ4v) is 2.62. The molecule has 2 rings (SSSR count). The molecule has 0 unspecified atom stereocenters. The molecule has 0 aliphatic heterocycles. The normalized spacial score (nSPS) is 10.3. The Bertz CT molecular complexity index is 647. The van der Waals surface area contributed by atoms with E-state index in [1.54, 1.807) is 12.1 Å². The number of rotatable bonds is 2. The number of aryl methyl sites for hydroxylation is 1. The Hall–Kier alpha value is -0.910.